The molecular formula is C14H18F2N4S. The normalized spacial score (nSPS) is 15.7. The van der Waals surface area contributed by atoms with Crippen molar-refractivity contribution in [3.05, 3.63) is 35.2 Å². The molecule has 21 heavy (non-hydrogen) atoms. The van der Waals surface area contributed by atoms with E-state index in [2.05, 4.69) is 40.8 Å². The van der Waals surface area contributed by atoms with Crippen LogP contribution >= 0.6 is 11.9 Å². The van der Waals surface area contributed by atoms with Gasteiger partial charge < -0.3 is 9.13 Å². The third-order valence-corrected chi connectivity index (χ3v) is 5.21. The van der Waals surface area contributed by atoms with Crippen molar-refractivity contribution < 1.29 is 8.78 Å². The Morgan fingerprint density at radius 2 is 2.05 bits per heavy atom. The maximum Gasteiger partial charge on any atom is 0.295 e. The number of aromatic nitrogens is 3. The lowest BCUT2D eigenvalue weighted by Crippen LogP contribution is -2.29. The van der Waals surface area contributed by atoms with Gasteiger partial charge in [0.1, 0.15) is 0 Å². The van der Waals surface area contributed by atoms with E-state index < -0.39 is 6.43 Å². The predicted octanol–water partition coefficient (Wildman–Crippen LogP) is 3.30. The van der Waals surface area contributed by atoms with Crippen LogP contribution in [0.15, 0.2) is 17.2 Å². The van der Waals surface area contributed by atoms with Gasteiger partial charge in [-0.2, -0.15) is 0 Å². The largest absolute Gasteiger partial charge is 0.351 e. The Morgan fingerprint density at radius 3 is 2.67 bits per heavy atom. The Kier molecular flexibility index (Phi) is 3.79. The van der Waals surface area contributed by atoms with Gasteiger partial charge in [0, 0.05) is 36.4 Å². The summed E-state index contributed by atoms with van der Waals surface area (Å²) in [5.74, 6) is -0.110. The number of hydrogen-bond acceptors (Lipinski definition) is 3. The molecule has 1 aliphatic heterocycles. The van der Waals surface area contributed by atoms with E-state index in [-0.39, 0.29) is 5.82 Å². The number of halogens is 2. The third-order valence-electron chi connectivity index (χ3n) is 4.03. The number of aryl methyl sites for hydroxylation is 1. The summed E-state index contributed by atoms with van der Waals surface area (Å²) in [6.07, 6.45) is -0.936. The molecule has 2 aromatic heterocycles. The zero-order chi connectivity index (χ0) is 15.1. The lowest BCUT2D eigenvalue weighted by Gasteiger charge is -2.27. The molecule has 1 aliphatic rings. The van der Waals surface area contributed by atoms with Crippen LogP contribution in [0.25, 0.3) is 0 Å². The van der Waals surface area contributed by atoms with Crippen molar-refractivity contribution in [2.75, 3.05) is 6.54 Å². The fourth-order valence-electron chi connectivity index (χ4n) is 2.59. The molecule has 0 saturated carbocycles. The molecule has 0 saturated heterocycles. The number of alkyl halides is 2. The highest BCUT2D eigenvalue weighted by molar-refractivity contribution is 7.97. The quantitative estimate of drug-likeness (QED) is 0.813. The maximum absolute atomic E-state index is 12.8. The second-order valence-corrected chi connectivity index (χ2v) is 6.45. The number of fused-ring (bicyclic) bond motifs is 1. The Balaban J connectivity index is 1.76. The molecule has 4 nitrogen and oxygen atoms in total. The second kappa shape index (κ2) is 5.46. The van der Waals surface area contributed by atoms with Gasteiger partial charge in [-0.3, -0.25) is 0 Å². The summed E-state index contributed by atoms with van der Waals surface area (Å²) in [6, 6.07) is 2.16. The van der Waals surface area contributed by atoms with E-state index in [4.69, 9.17) is 0 Å². The van der Waals surface area contributed by atoms with Crippen molar-refractivity contribution in [1.82, 2.24) is 18.4 Å². The van der Waals surface area contributed by atoms with E-state index in [0.29, 0.717) is 13.1 Å². The van der Waals surface area contributed by atoms with E-state index in [1.165, 1.54) is 16.3 Å². The van der Waals surface area contributed by atoms with Crippen molar-refractivity contribution in [2.24, 2.45) is 7.05 Å². The first-order valence-corrected chi connectivity index (χ1v) is 7.63. The summed E-state index contributed by atoms with van der Waals surface area (Å²) in [5, 5.41) is 0. The van der Waals surface area contributed by atoms with Crippen molar-refractivity contribution in [1.29, 1.82) is 0 Å². The smallest absolute Gasteiger partial charge is 0.295 e. The summed E-state index contributed by atoms with van der Waals surface area (Å²) in [4.78, 5) is 5.07. The van der Waals surface area contributed by atoms with Gasteiger partial charge in [-0.1, -0.05) is 0 Å². The van der Waals surface area contributed by atoms with Crippen molar-refractivity contribution >= 4 is 11.9 Å². The minimum atomic E-state index is -2.50. The predicted molar refractivity (Wildman–Crippen MR) is 78.3 cm³/mol. The van der Waals surface area contributed by atoms with Crippen LogP contribution in [0.3, 0.4) is 0 Å². The van der Waals surface area contributed by atoms with E-state index >= 15 is 0 Å². The maximum atomic E-state index is 12.8. The van der Waals surface area contributed by atoms with Crippen LogP contribution in [0, 0.1) is 13.8 Å². The average Bonchev–Trinajstić information content (AvgIpc) is 2.96. The highest BCUT2D eigenvalue weighted by Gasteiger charge is 2.24. The molecular weight excluding hydrogens is 294 g/mol. The zero-order valence-electron chi connectivity index (χ0n) is 12.3. The monoisotopic (exact) mass is 312 g/mol. The Bertz CT molecular complexity index is 662. The molecule has 114 valence electrons. The first kappa shape index (κ1) is 14.6. The van der Waals surface area contributed by atoms with Gasteiger partial charge in [-0.15, -0.1) is 0 Å². The lowest BCUT2D eigenvalue weighted by molar-refractivity contribution is 0.133. The van der Waals surface area contributed by atoms with Crippen molar-refractivity contribution in [2.45, 2.75) is 38.3 Å². The summed E-state index contributed by atoms with van der Waals surface area (Å²) in [6.45, 7) is 6.11. The molecule has 0 radical (unpaired) electrons. The fourth-order valence-corrected chi connectivity index (χ4v) is 3.73. The van der Waals surface area contributed by atoms with Gasteiger partial charge in [0.2, 0.25) is 0 Å². The van der Waals surface area contributed by atoms with Gasteiger partial charge >= 0.3 is 0 Å². The van der Waals surface area contributed by atoms with Crippen molar-refractivity contribution in [3.63, 3.8) is 0 Å². The van der Waals surface area contributed by atoms with Crippen LogP contribution in [0.1, 0.15) is 29.3 Å². The molecule has 0 aromatic carbocycles. The van der Waals surface area contributed by atoms with Crippen LogP contribution in [-0.4, -0.2) is 25.0 Å². The lowest BCUT2D eigenvalue weighted by atomic mass is 10.3. The molecule has 0 aliphatic carbocycles. The zero-order valence-corrected chi connectivity index (χ0v) is 13.1. The number of imidazole rings is 1. The van der Waals surface area contributed by atoms with E-state index in [0.717, 1.165) is 12.2 Å². The minimum absolute atomic E-state index is 0.110. The molecule has 2 aromatic rings. The molecule has 0 amide bonds. The van der Waals surface area contributed by atoms with Gasteiger partial charge in [-0.25, -0.2) is 18.1 Å². The molecule has 3 rings (SSSR count). The highest BCUT2D eigenvalue weighted by atomic mass is 32.2. The molecule has 0 unspecified atom stereocenters. The van der Waals surface area contributed by atoms with Gasteiger partial charge in [0.25, 0.3) is 6.43 Å². The number of rotatable bonds is 3. The summed E-state index contributed by atoms with van der Waals surface area (Å²) < 4.78 is 31.7. The number of nitrogens with zero attached hydrogens (tertiary/aromatic N) is 4. The second-order valence-electron chi connectivity index (χ2n) is 5.31. The molecule has 0 bridgehead atoms. The van der Waals surface area contributed by atoms with Crippen molar-refractivity contribution in [3.8, 4) is 0 Å². The van der Waals surface area contributed by atoms with Crippen LogP contribution < -0.4 is 0 Å². The molecule has 0 N–H and O–H groups in total. The molecule has 0 atom stereocenters. The molecule has 0 fully saturated rings. The first-order chi connectivity index (χ1) is 9.97. The molecule has 0 spiro atoms. The van der Waals surface area contributed by atoms with E-state index in [1.54, 1.807) is 22.7 Å². The minimum Gasteiger partial charge on any atom is -0.351 e. The fraction of sp³-hybridized carbons (Fsp3) is 0.500. The van der Waals surface area contributed by atoms with Gasteiger partial charge in [-0.05, 0) is 31.9 Å². The van der Waals surface area contributed by atoms with Gasteiger partial charge in [0.05, 0.1) is 18.4 Å². The molecule has 7 heteroatoms. The first-order valence-electron chi connectivity index (χ1n) is 6.85. The Morgan fingerprint density at radius 1 is 1.29 bits per heavy atom. The standard InChI is InChI=1S/C14H18F2N4S/c1-9-6-12(10(2)18(9)3)21-19-4-5-20-11(8-19)7-17-14(20)13(15)16/h6-7,13H,4-5,8H2,1-3H3. The molecule has 3 heterocycles. The van der Waals surface area contributed by atoms with Crippen LogP contribution in [0.2, 0.25) is 0 Å². The number of hydrogen-bond donors (Lipinski definition) is 0. The summed E-state index contributed by atoms with van der Waals surface area (Å²) in [5.41, 5.74) is 3.30. The Labute approximate surface area is 126 Å². The van der Waals surface area contributed by atoms with E-state index in [1.807, 2.05) is 0 Å². The topological polar surface area (TPSA) is 26.0 Å². The average molecular weight is 312 g/mol. The summed E-state index contributed by atoms with van der Waals surface area (Å²) >= 11 is 1.69. The Hall–Kier alpha value is -1.34. The SMILES string of the molecule is Cc1cc(SN2CCn3c(cnc3C(F)F)C2)c(C)n1C. The van der Waals surface area contributed by atoms with Gasteiger partial charge in [0.15, 0.2) is 5.82 Å². The van der Waals surface area contributed by atoms with Crippen LogP contribution in [0.5, 0.6) is 0 Å². The summed E-state index contributed by atoms with van der Waals surface area (Å²) in [7, 11) is 2.05. The van der Waals surface area contributed by atoms with Crippen LogP contribution in [-0.2, 0) is 20.1 Å². The van der Waals surface area contributed by atoms with E-state index in [9.17, 15) is 8.78 Å². The third kappa shape index (κ3) is 2.60. The van der Waals surface area contributed by atoms with Crippen LogP contribution in [0.4, 0.5) is 8.78 Å². The highest BCUT2D eigenvalue weighted by Crippen LogP contribution is 2.32.